The maximum Gasteiger partial charge on any atom is 0.159 e. The van der Waals surface area contributed by atoms with Crippen molar-refractivity contribution in [3.05, 3.63) is 34.7 Å². The molecule has 2 fully saturated rings. The van der Waals surface area contributed by atoms with Gasteiger partial charge in [-0.05, 0) is 31.7 Å². The molecule has 5 heterocycles. The molecule has 4 aromatic rings. The zero-order chi connectivity index (χ0) is 20.6. The van der Waals surface area contributed by atoms with E-state index in [1.54, 1.807) is 11.7 Å². The van der Waals surface area contributed by atoms with Crippen LogP contribution < -0.4 is 10.6 Å². The summed E-state index contributed by atoms with van der Waals surface area (Å²) in [5.74, 6) is 0.923. The number of aromatic nitrogens is 5. The van der Waals surface area contributed by atoms with Gasteiger partial charge < -0.3 is 15.6 Å². The molecule has 31 heavy (non-hydrogen) atoms. The van der Waals surface area contributed by atoms with Gasteiger partial charge in [-0.15, -0.1) is 12.4 Å². The van der Waals surface area contributed by atoms with Crippen molar-refractivity contribution in [3.63, 3.8) is 0 Å². The number of hydrogen-bond acceptors (Lipinski definition) is 5. The summed E-state index contributed by atoms with van der Waals surface area (Å²) in [6.07, 6.45) is 8.18. The van der Waals surface area contributed by atoms with Crippen molar-refractivity contribution in [1.29, 1.82) is 0 Å². The monoisotopic (exact) mass is 477 g/mol. The van der Waals surface area contributed by atoms with E-state index in [2.05, 4.69) is 15.0 Å². The number of fused-ring (bicyclic) bond motifs is 4. The topological polar surface area (TPSA) is 88.7 Å². The van der Waals surface area contributed by atoms with Crippen LogP contribution in [0.5, 0.6) is 0 Å². The quantitative estimate of drug-likeness (QED) is 0.436. The third kappa shape index (κ3) is 3.09. The van der Waals surface area contributed by atoms with Crippen LogP contribution >= 0.6 is 35.6 Å². The van der Waals surface area contributed by atoms with Gasteiger partial charge in [-0.25, -0.2) is 9.97 Å². The van der Waals surface area contributed by atoms with Crippen molar-refractivity contribution in [2.24, 2.45) is 12.8 Å². The van der Waals surface area contributed by atoms with E-state index >= 15 is 0 Å². The Morgan fingerprint density at radius 2 is 1.87 bits per heavy atom. The van der Waals surface area contributed by atoms with Gasteiger partial charge in [-0.2, -0.15) is 5.10 Å². The zero-order valence-electron chi connectivity index (χ0n) is 16.8. The number of nitrogens with two attached hydrogens (primary N) is 1. The van der Waals surface area contributed by atoms with E-state index in [4.69, 9.17) is 38.9 Å². The zero-order valence-corrected chi connectivity index (χ0v) is 19.2. The van der Waals surface area contributed by atoms with Gasteiger partial charge in [0.1, 0.15) is 16.5 Å². The number of hydrogen-bond donors (Lipinski definition) is 2. The summed E-state index contributed by atoms with van der Waals surface area (Å²) >= 11 is 13.2. The molecule has 2 saturated heterocycles. The number of H-pyrrole nitrogens is 1. The molecule has 1 aromatic carbocycles. The lowest BCUT2D eigenvalue weighted by Crippen LogP contribution is -2.47. The molecule has 3 aromatic heterocycles. The van der Waals surface area contributed by atoms with E-state index in [1.165, 1.54) is 12.8 Å². The Bertz CT molecular complexity index is 1280. The third-order valence-corrected chi connectivity index (χ3v) is 7.39. The van der Waals surface area contributed by atoms with Crippen LogP contribution in [0.3, 0.4) is 0 Å². The summed E-state index contributed by atoms with van der Waals surface area (Å²) in [4.78, 5) is 15.4. The molecule has 0 aliphatic carbocycles. The van der Waals surface area contributed by atoms with Gasteiger partial charge in [-0.3, -0.25) is 4.68 Å². The first-order valence-corrected chi connectivity index (χ1v) is 11.0. The van der Waals surface area contributed by atoms with Crippen LogP contribution in [-0.2, 0) is 7.05 Å². The minimum Gasteiger partial charge on any atom is -0.349 e. The molecule has 0 saturated carbocycles. The smallest absolute Gasteiger partial charge is 0.159 e. The van der Waals surface area contributed by atoms with Crippen LogP contribution in [0.2, 0.25) is 10.2 Å². The number of anilines is 1. The highest BCUT2D eigenvalue weighted by Crippen LogP contribution is 2.41. The molecule has 2 bridgehead atoms. The van der Waals surface area contributed by atoms with Crippen LogP contribution in [0.15, 0.2) is 24.5 Å². The minimum absolute atomic E-state index is 0. The molecule has 3 N–H and O–H groups in total. The number of nitrogens with zero attached hydrogens (tertiary/aromatic N) is 5. The van der Waals surface area contributed by atoms with Gasteiger partial charge in [0.05, 0.1) is 22.1 Å². The Balaban J connectivity index is 0.00000204. The Morgan fingerprint density at radius 3 is 2.61 bits per heavy atom. The number of nitrogens with one attached hydrogen (secondary N) is 1. The molecule has 7 nitrogen and oxygen atoms in total. The average molecular weight is 479 g/mol. The number of aryl methyl sites for hydroxylation is 1. The Hall–Kier alpha value is -2.06. The first-order valence-electron chi connectivity index (χ1n) is 10.2. The second-order valence-electron chi connectivity index (χ2n) is 8.39. The molecule has 162 valence electrons. The summed E-state index contributed by atoms with van der Waals surface area (Å²) in [6.45, 7) is 0. The summed E-state index contributed by atoms with van der Waals surface area (Å²) in [5, 5.41) is 6.23. The van der Waals surface area contributed by atoms with E-state index < -0.39 is 0 Å². The molecule has 0 radical (unpaired) electrons. The SMILES string of the molecule is Cl.Cn1nc2ccc(-c3c[nH]c4nc(N5C6CCC5CC(N)C6)cnc34)c(Cl)c2c1Cl. The maximum absolute atomic E-state index is 6.75. The average Bonchev–Trinajstić information content (AvgIpc) is 3.35. The highest BCUT2D eigenvalue weighted by atomic mass is 35.5. The highest BCUT2D eigenvalue weighted by molar-refractivity contribution is 6.43. The number of halogens is 3. The second-order valence-corrected chi connectivity index (χ2v) is 9.12. The minimum atomic E-state index is 0. The van der Waals surface area contributed by atoms with Gasteiger partial charge in [0.2, 0.25) is 0 Å². The van der Waals surface area contributed by atoms with E-state index in [1.807, 2.05) is 24.5 Å². The van der Waals surface area contributed by atoms with Crippen LogP contribution in [0.1, 0.15) is 25.7 Å². The van der Waals surface area contributed by atoms with Gasteiger partial charge in [0.15, 0.2) is 5.65 Å². The van der Waals surface area contributed by atoms with Crippen molar-refractivity contribution >= 4 is 63.5 Å². The molecule has 2 unspecified atom stereocenters. The first-order chi connectivity index (χ1) is 14.5. The fourth-order valence-electron chi connectivity index (χ4n) is 5.23. The van der Waals surface area contributed by atoms with Crippen LogP contribution in [0, 0.1) is 0 Å². The normalized spacial score (nSPS) is 23.0. The summed E-state index contributed by atoms with van der Waals surface area (Å²) in [6, 6.07) is 5.11. The molecular formula is C21H22Cl3N7. The van der Waals surface area contributed by atoms with Gasteiger partial charge in [0.25, 0.3) is 0 Å². The van der Waals surface area contributed by atoms with Gasteiger partial charge in [-0.1, -0.05) is 29.3 Å². The molecule has 2 aliphatic heterocycles. The number of aromatic amines is 1. The lowest BCUT2D eigenvalue weighted by Gasteiger charge is -2.38. The van der Waals surface area contributed by atoms with E-state index in [-0.39, 0.29) is 12.4 Å². The Labute approximate surface area is 195 Å². The van der Waals surface area contributed by atoms with E-state index in [9.17, 15) is 0 Å². The second kappa shape index (κ2) is 7.52. The maximum atomic E-state index is 6.75. The van der Waals surface area contributed by atoms with Crippen LogP contribution in [-0.4, -0.2) is 42.9 Å². The molecule has 0 amide bonds. The molecule has 0 spiro atoms. The van der Waals surface area contributed by atoms with Crippen molar-refractivity contribution in [1.82, 2.24) is 24.7 Å². The van der Waals surface area contributed by atoms with E-state index in [0.29, 0.717) is 28.3 Å². The van der Waals surface area contributed by atoms with Gasteiger partial charge >= 0.3 is 0 Å². The summed E-state index contributed by atoms with van der Waals surface area (Å²) in [5.41, 5.74) is 10.3. The first kappa shape index (κ1) is 20.8. The van der Waals surface area contributed by atoms with Crippen LogP contribution in [0.4, 0.5) is 5.82 Å². The summed E-state index contributed by atoms with van der Waals surface area (Å²) in [7, 11) is 1.80. The van der Waals surface area contributed by atoms with Crippen molar-refractivity contribution in [2.75, 3.05) is 4.90 Å². The third-order valence-electron chi connectivity index (χ3n) is 6.56. The largest absolute Gasteiger partial charge is 0.349 e. The fourth-order valence-corrected chi connectivity index (χ4v) is 5.86. The molecular weight excluding hydrogens is 457 g/mol. The predicted octanol–water partition coefficient (Wildman–Crippen LogP) is 4.70. The van der Waals surface area contributed by atoms with Crippen molar-refractivity contribution < 1.29 is 0 Å². The standard InChI is InChI=1S/C21H21Cl2N7.ClH/c1-29-20(23)17-15(28-29)5-4-13(18(17)22)14-8-26-21-19(14)25-9-16(27-21)30-11-2-3-12(30)7-10(24)6-11;/h4-5,8-12H,2-3,6-7,24H2,1H3,(H,26,27);1H. The van der Waals surface area contributed by atoms with E-state index in [0.717, 1.165) is 51.9 Å². The molecule has 2 atom stereocenters. The number of rotatable bonds is 2. The van der Waals surface area contributed by atoms with Gasteiger partial charge in [0, 0.05) is 42.5 Å². The van der Waals surface area contributed by atoms with Crippen molar-refractivity contribution in [2.45, 2.75) is 43.8 Å². The summed E-state index contributed by atoms with van der Waals surface area (Å²) < 4.78 is 1.63. The highest BCUT2D eigenvalue weighted by Gasteiger charge is 2.40. The predicted molar refractivity (Wildman–Crippen MR) is 127 cm³/mol. The fraction of sp³-hybridized carbons (Fsp3) is 0.381. The molecule has 10 heteroatoms. The lowest BCUT2D eigenvalue weighted by atomic mass is 9.98. The number of benzene rings is 1. The Kier molecular flexibility index (Phi) is 5.05. The van der Waals surface area contributed by atoms with Crippen LogP contribution in [0.25, 0.3) is 33.2 Å². The molecule has 2 aliphatic rings. The molecule has 6 rings (SSSR count). The number of piperidine rings is 1. The lowest BCUT2D eigenvalue weighted by molar-refractivity contribution is 0.412. The van der Waals surface area contributed by atoms with Crippen molar-refractivity contribution in [3.8, 4) is 11.1 Å². The Morgan fingerprint density at radius 1 is 1.13 bits per heavy atom.